The van der Waals surface area contributed by atoms with Gasteiger partial charge < -0.3 is 0 Å². The number of aldehydes is 1. The van der Waals surface area contributed by atoms with Gasteiger partial charge in [0.15, 0.2) is 0 Å². The highest BCUT2D eigenvalue weighted by Crippen LogP contribution is 1.99. The zero-order valence-electron chi connectivity index (χ0n) is 7.83. The van der Waals surface area contributed by atoms with Crippen molar-refractivity contribution in [3.8, 4) is 0 Å². The predicted octanol–water partition coefficient (Wildman–Crippen LogP) is 3.27. The number of hydrogen-bond donors (Lipinski definition) is 0. The molecule has 0 saturated carbocycles. The number of carbonyl (C=O) groups excluding carboxylic acids is 1. The van der Waals surface area contributed by atoms with Gasteiger partial charge in [-0.2, -0.15) is 0 Å². The van der Waals surface area contributed by atoms with Gasteiger partial charge >= 0.3 is 0 Å². The molecule has 0 atom stereocenters. The summed E-state index contributed by atoms with van der Waals surface area (Å²) in [6.45, 7) is 2.18. The van der Waals surface area contributed by atoms with Crippen LogP contribution in [0.3, 0.4) is 0 Å². The van der Waals surface area contributed by atoms with E-state index in [0.717, 1.165) is 25.5 Å². The first-order valence-corrected chi connectivity index (χ1v) is 4.67. The number of unbranched alkanes of at least 4 members (excludes halogenated alkanes) is 3. The van der Waals surface area contributed by atoms with Crippen LogP contribution in [-0.4, -0.2) is 6.29 Å². The maximum Gasteiger partial charge on any atom is 0.142 e. The number of hydrogen-bond acceptors (Lipinski definition) is 1. The van der Waals surface area contributed by atoms with E-state index in [1.54, 1.807) is 6.08 Å². The zero-order chi connectivity index (χ0) is 9.07. The van der Waals surface area contributed by atoms with E-state index in [1.165, 1.54) is 12.8 Å². The fourth-order valence-electron chi connectivity index (χ4n) is 0.908. The number of rotatable bonds is 7. The van der Waals surface area contributed by atoms with Crippen LogP contribution in [0, 0.1) is 0 Å². The molecule has 0 aromatic heterocycles. The molecule has 0 fully saturated rings. The summed E-state index contributed by atoms with van der Waals surface area (Å²) in [6, 6.07) is 0. The molecule has 0 aromatic rings. The second-order valence-corrected chi connectivity index (χ2v) is 2.76. The minimum absolute atomic E-state index is 0.826. The summed E-state index contributed by atoms with van der Waals surface area (Å²) in [5.41, 5.74) is 0. The molecular formula is C11H18O. The van der Waals surface area contributed by atoms with Gasteiger partial charge in [0.1, 0.15) is 6.29 Å². The van der Waals surface area contributed by atoms with Crippen LogP contribution in [0.25, 0.3) is 0 Å². The van der Waals surface area contributed by atoms with Crippen LogP contribution in [0.15, 0.2) is 24.3 Å². The lowest BCUT2D eigenvalue weighted by Crippen LogP contribution is -1.70. The molecule has 0 N–H and O–H groups in total. The van der Waals surface area contributed by atoms with Crippen molar-refractivity contribution in [3.63, 3.8) is 0 Å². The maximum absolute atomic E-state index is 9.88. The van der Waals surface area contributed by atoms with E-state index in [0.29, 0.717) is 0 Å². The van der Waals surface area contributed by atoms with Crippen LogP contribution in [0.4, 0.5) is 0 Å². The normalized spacial score (nSPS) is 11.4. The summed E-state index contributed by atoms with van der Waals surface area (Å²) >= 11 is 0. The fraction of sp³-hybridized carbons (Fsp3) is 0.545. The van der Waals surface area contributed by atoms with Gasteiger partial charge in [0.05, 0.1) is 0 Å². The van der Waals surface area contributed by atoms with E-state index in [-0.39, 0.29) is 0 Å². The lowest BCUT2D eigenvalue weighted by atomic mass is 10.2. The Hall–Kier alpha value is -0.850. The van der Waals surface area contributed by atoms with Crippen molar-refractivity contribution < 1.29 is 4.79 Å². The van der Waals surface area contributed by atoms with Crippen molar-refractivity contribution in [1.29, 1.82) is 0 Å². The molecular weight excluding hydrogens is 148 g/mol. The summed E-state index contributed by atoms with van der Waals surface area (Å²) in [5, 5.41) is 0. The average molecular weight is 166 g/mol. The summed E-state index contributed by atoms with van der Waals surface area (Å²) in [6.07, 6.45) is 14.4. The van der Waals surface area contributed by atoms with Gasteiger partial charge in [0.25, 0.3) is 0 Å². The van der Waals surface area contributed by atoms with Crippen molar-refractivity contribution in [1.82, 2.24) is 0 Å². The SMILES string of the molecule is CCCC=CCCC/C=C\C=O. The van der Waals surface area contributed by atoms with Crippen molar-refractivity contribution in [2.45, 2.75) is 39.0 Å². The van der Waals surface area contributed by atoms with E-state index in [1.807, 2.05) is 6.08 Å². The molecule has 0 spiro atoms. The van der Waals surface area contributed by atoms with E-state index in [4.69, 9.17) is 0 Å². The fourth-order valence-corrected chi connectivity index (χ4v) is 0.908. The number of carbonyl (C=O) groups is 1. The predicted molar refractivity (Wildman–Crippen MR) is 53.1 cm³/mol. The van der Waals surface area contributed by atoms with Gasteiger partial charge in [-0.15, -0.1) is 0 Å². The van der Waals surface area contributed by atoms with Gasteiger partial charge in [-0.1, -0.05) is 31.6 Å². The van der Waals surface area contributed by atoms with E-state index < -0.39 is 0 Å². The summed E-state index contributed by atoms with van der Waals surface area (Å²) < 4.78 is 0. The standard InChI is InChI=1S/C11H18O/c1-2-3-4-5-6-7-8-9-10-11-12/h4-5,9-11H,2-3,6-8H2,1H3/b5-4?,10-9-. The van der Waals surface area contributed by atoms with Gasteiger partial charge in [0, 0.05) is 0 Å². The zero-order valence-corrected chi connectivity index (χ0v) is 7.83. The molecule has 0 bridgehead atoms. The molecule has 0 unspecified atom stereocenters. The van der Waals surface area contributed by atoms with Crippen LogP contribution >= 0.6 is 0 Å². The Morgan fingerprint density at radius 3 is 2.33 bits per heavy atom. The van der Waals surface area contributed by atoms with Gasteiger partial charge in [-0.05, 0) is 31.8 Å². The maximum atomic E-state index is 9.88. The van der Waals surface area contributed by atoms with Gasteiger partial charge in [0.2, 0.25) is 0 Å². The Morgan fingerprint density at radius 2 is 1.67 bits per heavy atom. The highest BCUT2D eigenvalue weighted by molar-refractivity contribution is 5.64. The highest BCUT2D eigenvalue weighted by atomic mass is 16.1. The average Bonchev–Trinajstić information content (AvgIpc) is 2.10. The molecule has 68 valence electrons. The second kappa shape index (κ2) is 10.2. The van der Waals surface area contributed by atoms with Crippen molar-refractivity contribution >= 4 is 6.29 Å². The summed E-state index contributed by atoms with van der Waals surface area (Å²) in [5.74, 6) is 0. The molecule has 0 radical (unpaired) electrons. The van der Waals surface area contributed by atoms with Gasteiger partial charge in [-0.3, -0.25) is 4.79 Å². The largest absolute Gasteiger partial charge is 0.299 e. The van der Waals surface area contributed by atoms with Gasteiger partial charge in [-0.25, -0.2) is 0 Å². The minimum atomic E-state index is 0.826. The summed E-state index contributed by atoms with van der Waals surface area (Å²) in [7, 11) is 0. The lowest BCUT2D eigenvalue weighted by Gasteiger charge is -1.89. The minimum Gasteiger partial charge on any atom is -0.299 e. The van der Waals surface area contributed by atoms with Crippen molar-refractivity contribution in [2.75, 3.05) is 0 Å². The molecule has 0 aliphatic carbocycles. The Labute approximate surface area is 75.2 Å². The van der Waals surface area contributed by atoms with Crippen LogP contribution < -0.4 is 0 Å². The lowest BCUT2D eigenvalue weighted by molar-refractivity contribution is -0.104. The second-order valence-electron chi connectivity index (χ2n) is 2.76. The third kappa shape index (κ3) is 9.15. The van der Waals surface area contributed by atoms with Crippen molar-refractivity contribution in [3.05, 3.63) is 24.3 Å². The topological polar surface area (TPSA) is 17.1 Å². The highest BCUT2D eigenvalue weighted by Gasteiger charge is 1.79. The van der Waals surface area contributed by atoms with Crippen LogP contribution in [0.1, 0.15) is 39.0 Å². The van der Waals surface area contributed by atoms with Crippen molar-refractivity contribution in [2.24, 2.45) is 0 Å². The number of allylic oxidation sites excluding steroid dienone is 4. The smallest absolute Gasteiger partial charge is 0.142 e. The van der Waals surface area contributed by atoms with E-state index in [2.05, 4.69) is 19.1 Å². The van der Waals surface area contributed by atoms with Crippen LogP contribution in [-0.2, 0) is 4.79 Å². The van der Waals surface area contributed by atoms with E-state index in [9.17, 15) is 4.79 Å². The Bertz CT molecular complexity index is 145. The Morgan fingerprint density at radius 1 is 1.00 bits per heavy atom. The summed E-state index contributed by atoms with van der Waals surface area (Å²) in [4.78, 5) is 9.88. The molecule has 0 rings (SSSR count). The Balaban J connectivity index is 3.09. The molecule has 1 heteroatoms. The van der Waals surface area contributed by atoms with Crippen LogP contribution in [0.2, 0.25) is 0 Å². The first-order chi connectivity index (χ1) is 5.91. The third-order valence-corrected chi connectivity index (χ3v) is 1.58. The monoisotopic (exact) mass is 166 g/mol. The molecule has 0 aliphatic heterocycles. The first-order valence-electron chi connectivity index (χ1n) is 4.67. The Kier molecular flexibility index (Phi) is 9.43. The molecule has 0 heterocycles. The third-order valence-electron chi connectivity index (χ3n) is 1.58. The van der Waals surface area contributed by atoms with E-state index >= 15 is 0 Å². The van der Waals surface area contributed by atoms with Crippen LogP contribution in [0.5, 0.6) is 0 Å². The molecule has 0 saturated heterocycles. The molecule has 12 heavy (non-hydrogen) atoms. The molecule has 0 aliphatic rings. The quantitative estimate of drug-likeness (QED) is 0.245. The first kappa shape index (κ1) is 11.2. The molecule has 0 amide bonds. The molecule has 1 nitrogen and oxygen atoms in total. The molecule has 0 aromatic carbocycles.